The maximum Gasteiger partial charge on any atom is 0.474 e. The summed E-state index contributed by atoms with van der Waals surface area (Å²) in [5, 5.41) is 0. The summed E-state index contributed by atoms with van der Waals surface area (Å²) in [5.41, 5.74) is 0. The Morgan fingerprint density at radius 2 is 0.514 bits per heavy atom. The van der Waals surface area contributed by atoms with E-state index in [0.717, 1.165) is 38.5 Å². The summed E-state index contributed by atoms with van der Waals surface area (Å²) in [6, 6.07) is 0. The second-order valence-corrected chi connectivity index (χ2v) is 12.7. The van der Waals surface area contributed by atoms with Crippen molar-refractivity contribution < 1.29 is 18.1 Å². The molecule has 37 heavy (non-hydrogen) atoms. The van der Waals surface area contributed by atoms with E-state index in [2.05, 4.69) is 20.8 Å². The van der Waals surface area contributed by atoms with Crippen LogP contribution < -0.4 is 0 Å². The highest BCUT2D eigenvalue weighted by Crippen LogP contribution is 2.50. The second kappa shape index (κ2) is 30.6. The normalized spacial score (nSPS) is 12.0. The maximum atomic E-state index is 13.2. The first-order chi connectivity index (χ1) is 18.2. The van der Waals surface area contributed by atoms with Crippen LogP contribution in [0.2, 0.25) is 0 Å². The van der Waals surface area contributed by atoms with E-state index in [9.17, 15) is 4.57 Å². The molecule has 0 aliphatic heterocycles. The van der Waals surface area contributed by atoms with Gasteiger partial charge in [0.2, 0.25) is 0 Å². The van der Waals surface area contributed by atoms with Gasteiger partial charge < -0.3 is 0 Å². The molecule has 0 aromatic heterocycles. The minimum absolute atomic E-state index is 0.474. The van der Waals surface area contributed by atoms with Gasteiger partial charge in [0.15, 0.2) is 0 Å². The Bertz CT molecular complexity index is 446. The molecule has 0 heterocycles. The lowest BCUT2D eigenvalue weighted by Crippen LogP contribution is -2.04. The van der Waals surface area contributed by atoms with Crippen molar-refractivity contribution in [1.82, 2.24) is 0 Å². The van der Waals surface area contributed by atoms with Crippen LogP contribution in [0.4, 0.5) is 0 Å². The van der Waals surface area contributed by atoms with Crippen molar-refractivity contribution in [2.75, 3.05) is 19.8 Å². The standard InChI is InChI=1S/C32H67O4P/c1-4-7-10-13-16-19-20-23-26-29-32-36-37(33,34-30-27-24-21-17-14-11-8-5-2)35-31-28-25-22-18-15-12-9-6-3/h4-32H2,1-3H3. The van der Waals surface area contributed by atoms with Gasteiger partial charge in [-0.1, -0.05) is 168 Å². The molecule has 0 saturated carbocycles. The van der Waals surface area contributed by atoms with E-state index in [-0.39, 0.29) is 0 Å². The van der Waals surface area contributed by atoms with Crippen molar-refractivity contribution in [2.45, 2.75) is 188 Å². The fraction of sp³-hybridized carbons (Fsp3) is 1.00. The Morgan fingerprint density at radius 1 is 0.324 bits per heavy atom. The molecular formula is C32H67O4P. The van der Waals surface area contributed by atoms with E-state index < -0.39 is 7.82 Å². The zero-order chi connectivity index (χ0) is 27.1. The number of unbranched alkanes of at least 4 members (excludes halogenated alkanes) is 23. The summed E-state index contributed by atoms with van der Waals surface area (Å²) in [6.45, 7) is 8.20. The van der Waals surface area contributed by atoms with Crippen LogP contribution in [0, 0.1) is 0 Å². The first-order valence-electron chi connectivity index (χ1n) is 16.7. The van der Waals surface area contributed by atoms with Crippen LogP contribution in [0.1, 0.15) is 188 Å². The average Bonchev–Trinajstić information content (AvgIpc) is 2.90. The number of phosphoric ester groups is 1. The van der Waals surface area contributed by atoms with E-state index >= 15 is 0 Å². The largest absolute Gasteiger partial charge is 0.474 e. The van der Waals surface area contributed by atoms with Crippen LogP contribution in [0.5, 0.6) is 0 Å². The summed E-state index contributed by atoms with van der Waals surface area (Å²) in [5.74, 6) is 0. The van der Waals surface area contributed by atoms with Gasteiger partial charge in [0, 0.05) is 0 Å². The van der Waals surface area contributed by atoms with Crippen molar-refractivity contribution in [2.24, 2.45) is 0 Å². The van der Waals surface area contributed by atoms with Crippen molar-refractivity contribution in [3.05, 3.63) is 0 Å². The van der Waals surface area contributed by atoms with E-state index in [1.807, 2.05) is 0 Å². The van der Waals surface area contributed by atoms with Crippen LogP contribution in [0.25, 0.3) is 0 Å². The molecule has 224 valence electrons. The topological polar surface area (TPSA) is 44.8 Å². The Morgan fingerprint density at radius 3 is 0.730 bits per heavy atom. The smallest absolute Gasteiger partial charge is 0.287 e. The molecule has 0 aliphatic carbocycles. The Labute approximate surface area is 233 Å². The molecule has 0 atom stereocenters. The number of phosphoric acid groups is 1. The van der Waals surface area contributed by atoms with E-state index in [1.165, 1.54) is 128 Å². The molecule has 0 bridgehead atoms. The van der Waals surface area contributed by atoms with Crippen molar-refractivity contribution in [1.29, 1.82) is 0 Å². The monoisotopic (exact) mass is 546 g/mol. The predicted octanol–water partition coefficient (Wildman–Crippen LogP) is 12.3. The molecule has 0 aromatic rings. The first-order valence-corrected chi connectivity index (χ1v) is 18.2. The van der Waals surface area contributed by atoms with E-state index in [1.54, 1.807) is 0 Å². The molecule has 5 heteroatoms. The van der Waals surface area contributed by atoms with Crippen molar-refractivity contribution in [3.63, 3.8) is 0 Å². The minimum atomic E-state index is -3.44. The average molecular weight is 547 g/mol. The molecule has 0 aliphatic rings. The zero-order valence-corrected chi connectivity index (χ0v) is 26.5. The molecule has 0 rings (SSSR count). The van der Waals surface area contributed by atoms with Crippen LogP contribution in [-0.2, 0) is 18.1 Å². The first kappa shape index (κ1) is 37.1. The summed E-state index contributed by atoms with van der Waals surface area (Å²) in [6.07, 6.45) is 32.6. The third kappa shape index (κ3) is 28.9. The highest BCUT2D eigenvalue weighted by Gasteiger charge is 2.26. The molecule has 0 unspecified atom stereocenters. The molecule has 0 aromatic carbocycles. The summed E-state index contributed by atoms with van der Waals surface area (Å²) in [7, 11) is -3.44. The predicted molar refractivity (Wildman–Crippen MR) is 163 cm³/mol. The van der Waals surface area contributed by atoms with Crippen LogP contribution in [-0.4, -0.2) is 19.8 Å². The summed E-state index contributed by atoms with van der Waals surface area (Å²) < 4.78 is 30.5. The van der Waals surface area contributed by atoms with Crippen LogP contribution >= 0.6 is 7.82 Å². The molecular weight excluding hydrogens is 479 g/mol. The third-order valence-corrected chi connectivity index (χ3v) is 8.74. The minimum Gasteiger partial charge on any atom is -0.287 e. The van der Waals surface area contributed by atoms with Gasteiger partial charge in [-0.2, -0.15) is 0 Å². The van der Waals surface area contributed by atoms with Gasteiger partial charge in [-0.25, -0.2) is 4.57 Å². The lowest BCUT2D eigenvalue weighted by atomic mass is 10.1. The fourth-order valence-electron chi connectivity index (χ4n) is 4.70. The van der Waals surface area contributed by atoms with Crippen LogP contribution in [0.15, 0.2) is 0 Å². The maximum absolute atomic E-state index is 13.2. The highest BCUT2D eigenvalue weighted by molar-refractivity contribution is 7.48. The molecule has 0 radical (unpaired) electrons. The number of hydrogen-bond acceptors (Lipinski definition) is 4. The zero-order valence-electron chi connectivity index (χ0n) is 25.6. The van der Waals surface area contributed by atoms with Gasteiger partial charge in [0.1, 0.15) is 0 Å². The fourth-order valence-corrected chi connectivity index (χ4v) is 5.98. The van der Waals surface area contributed by atoms with Crippen LogP contribution in [0.3, 0.4) is 0 Å². The van der Waals surface area contributed by atoms with Gasteiger partial charge >= 0.3 is 7.82 Å². The van der Waals surface area contributed by atoms with E-state index in [0.29, 0.717) is 19.8 Å². The highest BCUT2D eigenvalue weighted by atomic mass is 31.2. The molecule has 4 nitrogen and oxygen atoms in total. The quantitative estimate of drug-likeness (QED) is 0.0621. The molecule has 0 saturated heterocycles. The molecule has 0 N–H and O–H groups in total. The Hall–Kier alpha value is 0.110. The van der Waals surface area contributed by atoms with Gasteiger partial charge in [-0.15, -0.1) is 0 Å². The van der Waals surface area contributed by atoms with E-state index in [4.69, 9.17) is 13.6 Å². The van der Waals surface area contributed by atoms with Gasteiger partial charge in [0.25, 0.3) is 0 Å². The lowest BCUT2D eigenvalue weighted by molar-refractivity contribution is 0.108. The van der Waals surface area contributed by atoms with Gasteiger partial charge in [-0.3, -0.25) is 13.6 Å². The number of rotatable bonds is 32. The molecule has 0 amide bonds. The number of hydrogen-bond donors (Lipinski definition) is 0. The van der Waals surface area contributed by atoms with Crippen molar-refractivity contribution in [3.8, 4) is 0 Å². The molecule has 0 fully saturated rings. The Balaban J connectivity index is 4.05. The molecule has 0 spiro atoms. The summed E-state index contributed by atoms with van der Waals surface area (Å²) >= 11 is 0. The van der Waals surface area contributed by atoms with Gasteiger partial charge in [-0.05, 0) is 19.3 Å². The lowest BCUT2D eigenvalue weighted by Gasteiger charge is -2.18. The third-order valence-electron chi connectivity index (χ3n) is 7.24. The van der Waals surface area contributed by atoms with Crippen molar-refractivity contribution >= 4 is 7.82 Å². The SMILES string of the molecule is CCCCCCCCCCCCOP(=O)(OCCCCCCCCCC)OCCCCCCCCCC. The second-order valence-electron chi connectivity index (χ2n) is 11.1. The summed E-state index contributed by atoms with van der Waals surface area (Å²) in [4.78, 5) is 0. The van der Waals surface area contributed by atoms with Gasteiger partial charge in [0.05, 0.1) is 19.8 Å². The Kier molecular flexibility index (Phi) is 30.7.